The first-order valence-electron chi connectivity index (χ1n) is 4.05. The van der Waals surface area contributed by atoms with E-state index in [1.54, 1.807) is 18.5 Å². The second-order valence-corrected chi connectivity index (χ2v) is 3.12. The number of nitrogens with zero attached hydrogens (tertiary/aromatic N) is 3. The van der Waals surface area contributed by atoms with Gasteiger partial charge in [-0.2, -0.15) is 0 Å². The Morgan fingerprint density at radius 3 is 2.79 bits per heavy atom. The van der Waals surface area contributed by atoms with Crippen LogP contribution in [0.3, 0.4) is 0 Å². The van der Waals surface area contributed by atoms with Crippen molar-refractivity contribution in [1.82, 2.24) is 9.97 Å². The second-order valence-electron chi connectivity index (χ2n) is 2.92. The monoisotopic (exact) mass is 204 g/mol. The summed E-state index contributed by atoms with van der Waals surface area (Å²) in [5.74, 6) is 0. The van der Waals surface area contributed by atoms with Crippen LogP contribution in [0.2, 0.25) is 0 Å². The van der Waals surface area contributed by atoms with E-state index in [1.165, 1.54) is 0 Å². The van der Waals surface area contributed by atoms with Gasteiger partial charge in [0, 0.05) is 18.0 Å². The molecule has 0 fully saturated rings. The molecule has 0 bridgehead atoms. The van der Waals surface area contributed by atoms with Crippen LogP contribution in [-0.2, 0) is 0 Å². The van der Waals surface area contributed by atoms with Gasteiger partial charge in [-0.1, -0.05) is 0 Å². The first-order chi connectivity index (χ1) is 6.74. The molecule has 0 radical (unpaired) electrons. The topological polar surface area (TPSA) is 62.0 Å². The predicted molar refractivity (Wildman–Crippen MR) is 59.0 cm³/mol. The third kappa shape index (κ3) is 1.26. The first kappa shape index (κ1) is 9.08. The molecule has 2 rings (SSSR count). The maximum Gasteiger partial charge on any atom is 0.0985 e. The molecule has 0 unspecified atom stereocenters. The maximum absolute atomic E-state index is 7.77. The van der Waals surface area contributed by atoms with Crippen LogP contribution in [0.5, 0.6) is 0 Å². The Bertz CT molecular complexity index is 544. The van der Waals surface area contributed by atoms with Gasteiger partial charge < -0.3 is 0 Å². The van der Waals surface area contributed by atoms with E-state index in [9.17, 15) is 0 Å². The number of fused-ring (bicyclic) bond motifs is 1. The summed E-state index contributed by atoms with van der Waals surface area (Å²) in [6.45, 7) is 1.84. The molecule has 1 aliphatic carbocycles. The molecule has 0 saturated heterocycles. The third-order valence-electron chi connectivity index (χ3n) is 2.09. The highest BCUT2D eigenvalue weighted by Crippen LogP contribution is 2.01. The lowest BCUT2D eigenvalue weighted by Gasteiger charge is -2.07. The molecule has 1 aromatic heterocycles. The number of aromatic nitrogens is 2. The van der Waals surface area contributed by atoms with Gasteiger partial charge in [-0.3, -0.25) is 15.4 Å². The molecule has 70 valence electrons. The molecule has 0 spiro atoms. The zero-order valence-corrected chi connectivity index (χ0v) is 8.42. The molecule has 5 heteroatoms. The van der Waals surface area contributed by atoms with Crippen LogP contribution < -0.4 is 10.7 Å². The van der Waals surface area contributed by atoms with Gasteiger partial charge in [0.2, 0.25) is 0 Å². The standard InChI is InChI=1S/C9H8N4S/c1-5-8(10)6(13-14)4-7-9(5)12-3-2-11-7/h2-4,10,14H,1H3/b10-8?,13-6-. The van der Waals surface area contributed by atoms with Crippen molar-refractivity contribution < 1.29 is 0 Å². The van der Waals surface area contributed by atoms with E-state index < -0.39 is 0 Å². The van der Waals surface area contributed by atoms with Crippen LogP contribution in [0, 0.1) is 5.41 Å². The van der Waals surface area contributed by atoms with Crippen LogP contribution >= 0.6 is 12.8 Å². The van der Waals surface area contributed by atoms with Gasteiger partial charge in [0.05, 0.1) is 22.1 Å². The lowest BCUT2D eigenvalue weighted by Crippen LogP contribution is -2.40. The van der Waals surface area contributed by atoms with Crippen molar-refractivity contribution in [1.29, 1.82) is 5.41 Å². The van der Waals surface area contributed by atoms with E-state index in [0.717, 1.165) is 16.3 Å². The number of thiol groups is 1. The highest BCUT2D eigenvalue weighted by molar-refractivity contribution is 7.79. The molecule has 0 aromatic carbocycles. The summed E-state index contributed by atoms with van der Waals surface area (Å²) in [7, 11) is 0. The summed E-state index contributed by atoms with van der Waals surface area (Å²) in [5, 5.41) is 9.26. The third-order valence-corrected chi connectivity index (χ3v) is 2.31. The highest BCUT2D eigenvalue weighted by atomic mass is 32.1. The fourth-order valence-electron chi connectivity index (χ4n) is 1.33. The van der Waals surface area contributed by atoms with Gasteiger partial charge in [0.15, 0.2) is 0 Å². The van der Waals surface area contributed by atoms with Crippen LogP contribution in [-0.4, -0.2) is 21.4 Å². The van der Waals surface area contributed by atoms with Gasteiger partial charge in [-0.05, 0) is 25.8 Å². The molecular weight excluding hydrogens is 196 g/mol. The molecule has 1 aromatic rings. The minimum absolute atomic E-state index is 0.355. The lowest BCUT2D eigenvalue weighted by molar-refractivity contribution is 1.09. The summed E-state index contributed by atoms with van der Waals surface area (Å²) >= 11 is 3.81. The van der Waals surface area contributed by atoms with Crippen molar-refractivity contribution in [2.75, 3.05) is 0 Å². The number of nitrogens with one attached hydrogen (secondary N) is 1. The largest absolute Gasteiger partial charge is 0.298 e. The fraction of sp³-hybridized carbons (Fsp3) is 0.111. The van der Waals surface area contributed by atoms with Crippen molar-refractivity contribution in [2.24, 2.45) is 4.40 Å². The molecule has 0 amide bonds. The van der Waals surface area contributed by atoms with Gasteiger partial charge in [-0.25, -0.2) is 4.40 Å². The van der Waals surface area contributed by atoms with Gasteiger partial charge in [-0.15, -0.1) is 0 Å². The smallest absolute Gasteiger partial charge is 0.0985 e. The van der Waals surface area contributed by atoms with E-state index in [0.29, 0.717) is 11.4 Å². The van der Waals surface area contributed by atoms with E-state index in [1.807, 2.05) is 6.92 Å². The van der Waals surface area contributed by atoms with Gasteiger partial charge in [0.25, 0.3) is 0 Å². The van der Waals surface area contributed by atoms with Gasteiger partial charge in [0.1, 0.15) is 0 Å². The van der Waals surface area contributed by atoms with Crippen LogP contribution in [0.15, 0.2) is 16.8 Å². The molecular formula is C9H8N4S. The van der Waals surface area contributed by atoms with Crippen molar-refractivity contribution in [3.8, 4) is 0 Å². The molecule has 14 heavy (non-hydrogen) atoms. The van der Waals surface area contributed by atoms with Crippen LogP contribution in [0.25, 0.3) is 11.6 Å². The highest BCUT2D eigenvalue weighted by Gasteiger charge is 2.13. The molecule has 4 nitrogen and oxygen atoms in total. The Labute approximate surface area is 86.2 Å². The second kappa shape index (κ2) is 3.34. The average molecular weight is 204 g/mol. The number of hydrogen-bond donors (Lipinski definition) is 2. The molecule has 0 aliphatic heterocycles. The quantitative estimate of drug-likeness (QED) is 0.572. The van der Waals surface area contributed by atoms with Crippen LogP contribution in [0.1, 0.15) is 6.92 Å². The summed E-state index contributed by atoms with van der Waals surface area (Å²) in [4.78, 5) is 8.32. The summed E-state index contributed by atoms with van der Waals surface area (Å²) in [6, 6.07) is 0. The van der Waals surface area contributed by atoms with Crippen molar-refractivity contribution in [3.63, 3.8) is 0 Å². The summed E-state index contributed by atoms with van der Waals surface area (Å²) in [5.41, 5.74) is 1.66. The van der Waals surface area contributed by atoms with E-state index in [2.05, 4.69) is 27.2 Å². The Morgan fingerprint density at radius 2 is 2.07 bits per heavy atom. The minimum Gasteiger partial charge on any atom is -0.298 e. The van der Waals surface area contributed by atoms with E-state index in [4.69, 9.17) is 5.41 Å². The van der Waals surface area contributed by atoms with Crippen molar-refractivity contribution in [3.05, 3.63) is 23.1 Å². The minimum atomic E-state index is 0.355. The molecule has 0 saturated carbocycles. The molecule has 1 N–H and O–H groups in total. The SMILES string of the molecule is CC1=c2nccnc2=C/C(=N/S)C1=N. The number of rotatable bonds is 0. The summed E-state index contributed by atoms with van der Waals surface area (Å²) < 4.78 is 3.72. The van der Waals surface area contributed by atoms with Crippen molar-refractivity contribution in [2.45, 2.75) is 6.92 Å². The zero-order valence-electron chi connectivity index (χ0n) is 7.52. The Kier molecular flexibility index (Phi) is 2.17. The van der Waals surface area contributed by atoms with E-state index >= 15 is 0 Å². The zero-order chi connectivity index (χ0) is 10.1. The maximum atomic E-state index is 7.77. The first-order valence-corrected chi connectivity index (χ1v) is 4.45. The van der Waals surface area contributed by atoms with Crippen molar-refractivity contribution >= 4 is 35.9 Å². The Morgan fingerprint density at radius 1 is 1.36 bits per heavy atom. The Balaban J connectivity index is 2.91. The molecule has 1 aliphatic rings. The fourth-order valence-corrected chi connectivity index (χ4v) is 1.49. The summed E-state index contributed by atoms with van der Waals surface area (Å²) in [6.07, 6.45) is 4.95. The number of hydrogen-bond acceptors (Lipinski definition) is 5. The normalized spacial score (nSPS) is 18.0. The van der Waals surface area contributed by atoms with Gasteiger partial charge >= 0.3 is 0 Å². The average Bonchev–Trinajstić information content (AvgIpc) is 2.23. The van der Waals surface area contributed by atoms with Crippen LogP contribution in [0.4, 0.5) is 0 Å². The Hall–Kier alpha value is -1.49. The molecule has 0 atom stereocenters. The predicted octanol–water partition coefficient (Wildman–Crippen LogP) is -0.253. The lowest BCUT2D eigenvalue weighted by atomic mass is 10.0. The molecule has 1 heterocycles. The van der Waals surface area contributed by atoms with E-state index in [-0.39, 0.29) is 0 Å².